The Kier molecular flexibility index (Phi) is 5.75. The Morgan fingerprint density at radius 1 is 1.00 bits per heavy atom. The highest BCUT2D eigenvalue weighted by Gasteiger charge is 2.53. The van der Waals surface area contributed by atoms with Crippen LogP contribution in [0.25, 0.3) is 0 Å². The summed E-state index contributed by atoms with van der Waals surface area (Å²) in [7, 11) is 0. The lowest BCUT2D eigenvalue weighted by molar-refractivity contribution is -0.149. The molecule has 1 N–H and O–H groups in total. The molecule has 29 heavy (non-hydrogen) atoms. The lowest BCUT2D eigenvalue weighted by atomic mass is 9.48. The molecule has 0 spiro atoms. The molecule has 4 bridgehead atoms. The van der Waals surface area contributed by atoms with Crippen LogP contribution in [0.1, 0.15) is 68.6 Å². The monoisotopic (exact) mass is 397 g/mol. The molecular weight excluding hydrogens is 366 g/mol. The van der Waals surface area contributed by atoms with E-state index in [9.17, 15) is 14.4 Å². The van der Waals surface area contributed by atoms with Crippen molar-refractivity contribution in [2.75, 3.05) is 6.61 Å². The largest absolute Gasteiger partial charge is 0.456 e. The summed E-state index contributed by atoms with van der Waals surface area (Å²) in [5.74, 6) is 1.66. The molecule has 0 heterocycles. The van der Waals surface area contributed by atoms with Crippen LogP contribution in [0, 0.1) is 23.2 Å². The highest BCUT2D eigenvalue weighted by atomic mass is 16.5. The number of Topliss-reactive ketones (excluding diaryl/α,β-unsaturated/α-hetero) is 1. The molecule has 4 aliphatic carbocycles. The summed E-state index contributed by atoms with van der Waals surface area (Å²) < 4.78 is 5.11. The van der Waals surface area contributed by atoms with Crippen LogP contribution in [-0.4, -0.2) is 30.3 Å². The zero-order valence-corrected chi connectivity index (χ0v) is 17.2. The highest BCUT2D eigenvalue weighted by molar-refractivity contribution is 5.97. The van der Waals surface area contributed by atoms with Gasteiger partial charge in [-0.3, -0.25) is 14.4 Å². The summed E-state index contributed by atoms with van der Waals surface area (Å²) >= 11 is 0. The van der Waals surface area contributed by atoms with Crippen molar-refractivity contribution in [1.82, 2.24) is 5.32 Å². The molecular formula is C24H31NO4. The Balaban J connectivity index is 1.20. The van der Waals surface area contributed by atoms with E-state index in [1.54, 1.807) is 24.3 Å². The Labute approximate surface area is 172 Å². The van der Waals surface area contributed by atoms with Crippen LogP contribution in [0.3, 0.4) is 0 Å². The average molecular weight is 398 g/mol. The molecule has 5 rings (SSSR count). The van der Waals surface area contributed by atoms with Gasteiger partial charge in [0.25, 0.3) is 5.91 Å². The molecule has 1 aromatic carbocycles. The number of rotatable bonds is 8. The molecule has 5 heteroatoms. The number of ether oxygens (including phenoxy) is 1. The number of ketones is 1. The summed E-state index contributed by atoms with van der Waals surface area (Å²) in [6.45, 7) is 1.85. The van der Waals surface area contributed by atoms with E-state index in [2.05, 4.69) is 12.2 Å². The molecule has 1 unspecified atom stereocenters. The van der Waals surface area contributed by atoms with Crippen LogP contribution in [0.2, 0.25) is 0 Å². The number of hydrogen-bond donors (Lipinski definition) is 1. The smallest absolute Gasteiger partial charge is 0.306 e. The highest BCUT2D eigenvalue weighted by Crippen LogP contribution is 2.61. The minimum absolute atomic E-state index is 0.00839. The van der Waals surface area contributed by atoms with Crippen molar-refractivity contribution in [2.24, 2.45) is 23.2 Å². The molecule has 0 aromatic heterocycles. The van der Waals surface area contributed by atoms with E-state index in [0.29, 0.717) is 5.56 Å². The third-order valence-electron chi connectivity index (χ3n) is 7.40. The van der Waals surface area contributed by atoms with Crippen molar-refractivity contribution in [1.29, 1.82) is 0 Å². The van der Waals surface area contributed by atoms with Crippen molar-refractivity contribution >= 4 is 17.7 Å². The first-order valence-electron chi connectivity index (χ1n) is 11.0. The third-order valence-corrected chi connectivity index (χ3v) is 7.40. The van der Waals surface area contributed by atoms with E-state index < -0.39 is 5.97 Å². The average Bonchev–Trinajstić information content (AvgIpc) is 2.70. The molecule has 5 nitrogen and oxygen atoms in total. The Hall–Kier alpha value is -2.17. The Morgan fingerprint density at radius 3 is 2.17 bits per heavy atom. The maximum Gasteiger partial charge on any atom is 0.306 e. The Bertz CT molecular complexity index is 737. The van der Waals surface area contributed by atoms with Gasteiger partial charge in [-0.05, 0) is 68.6 Å². The number of esters is 1. The van der Waals surface area contributed by atoms with Gasteiger partial charge in [0.2, 0.25) is 0 Å². The molecule has 4 aliphatic rings. The normalized spacial score (nSPS) is 30.6. The van der Waals surface area contributed by atoms with E-state index in [1.165, 1.54) is 38.5 Å². The van der Waals surface area contributed by atoms with E-state index in [0.717, 1.165) is 17.8 Å². The van der Waals surface area contributed by atoms with E-state index in [4.69, 9.17) is 4.74 Å². The predicted molar refractivity (Wildman–Crippen MR) is 109 cm³/mol. The van der Waals surface area contributed by atoms with E-state index in [-0.39, 0.29) is 42.6 Å². The quantitative estimate of drug-likeness (QED) is 0.533. The van der Waals surface area contributed by atoms with Gasteiger partial charge >= 0.3 is 5.97 Å². The summed E-state index contributed by atoms with van der Waals surface area (Å²) in [5.41, 5.74) is 0.818. The standard InChI is InChI=1S/C24H31NO4/c1-16(24-12-17-9-18(13-24)11-19(10-17)14-24)25-22(27)15-29-23(28)8-7-21(26)20-5-3-2-4-6-20/h2-6,16-19H,7-15H2,1H3,(H,25,27). The molecule has 156 valence electrons. The van der Waals surface area contributed by atoms with Gasteiger partial charge in [0.1, 0.15) is 0 Å². The van der Waals surface area contributed by atoms with Gasteiger partial charge in [-0.25, -0.2) is 0 Å². The first-order valence-corrected chi connectivity index (χ1v) is 11.0. The van der Waals surface area contributed by atoms with E-state index >= 15 is 0 Å². The fourth-order valence-corrected chi connectivity index (χ4v) is 6.35. The van der Waals surface area contributed by atoms with Crippen molar-refractivity contribution in [3.8, 4) is 0 Å². The number of nitrogens with one attached hydrogen (secondary N) is 1. The number of benzene rings is 1. The van der Waals surface area contributed by atoms with Gasteiger partial charge in [0.05, 0.1) is 6.42 Å². The lowest BCUT2D eigenvalue weighted by Crippen LogP contribution is -2.56. The van der Waals surface area contributed by atoms with Crippen molar-refractivity contribution in [3.05, 3.63) is 35.9 Å². The van der Waals surface area contributed by atoms with Crippen LogP contribution in [-0.2, 0) is 14.3 Å². The van der Waals surface area contributed by atoms with Gasteiger partial charge in [-0.2, -0.15) is 0 Å². The van der Waals surface area contributed by atoms with Crippen molar-refractivity contribution < 1.29 is 19.1 Å². The second kappa shape index (κ2) is 8.29. The van der Waals surface area contributed by atoms with Gasteiger partial charge in [-0.15, -0.1) is 0 Å². The second-order valence-corrected chi connectivity index (χ2v) is 9.52. The van der Waals surface area contributed by atoms with Gasteiger partial charge in [0, 0.05) is 18.0 Å². The SMILES string of the molecule is CC(NC(=O)COC(=O)CCC(=O)c1ccccc1)C12CC3CC(CC(C3)C1)C2. The maximum absolute atomic E-state index is 12.4. The van der Waals surface area contributed by atoms with Gasteiger partial charge in [0.15, 0.2) is 12.4 Å². The molecule has 1 amide bonds. The fraction of sp³-hybridized carbons (Fsp3) is 0.625. The zero-order chi connectivity index (χ0) is 20.4. The zero-order valence-electron chi connectivity index (χ0n) is 17.2. The summed E-state index contributed by atoms with van der Waals surface area (Å²) in [6.07, 6.45) is 7.88. The second-order valence-electron chi connectivity index (χ2n) is 9.52. The van der Waals surface area contributed by atoms with Gasteiger partial charge < -0.3 is 10.1 Å². The first kappa shape index (κ1) is 20.1. The fourth-order valence-electron chi connectivity index (χ4n) is 6.35. The van der Waals surface area contributed by atoms with Crippen LogP contribution in [0.5, 0.6) is 0 Å². The van der Waals surface area contributed by atoms with Gasteiger partial charge in [-0.1, -0.05) is 30.3 Å². The molecule has 1 aromatic rings. The maximum atomic E-state index is 12.4. The van der Waals surface area contributed by atoms with E-state index in [1.807, 2.05) is 6.07 Å². The van der Waals surface area contributed by atoms with Crippen molar-refractivity contribution in [2.45, 2.75) is 64.3 Å². The first-order chi connectivity index (χ1) is 13.9. The molecule has 0 aliphatic heterocycles. The molecule has 0 radical (unpaired) electrons. The molecule has 1 atom stereocenters. The van der Waals surface area contributed by atoms with Crippen LogP contribution in [0.15, 0.2) is 30.3 Å². The third kappa shape index (κ3) is 4.54. The summed E-state index contributed by atoms with van der Waals surface area (Å²) in [5, 5.41) is 3.10. The lowest BCUT2D eigenvalue weighted by Gasteiger charge is -2.59. The number of amides is 1. The van der Waals surface area contributed by atoms with Crippen LogP contribution in [0.4, 0.5) is 0 Å². The van der Waals surface area contributed by atoms with Crippen LogP contribution < -0.4 is 5.32 Å². The summed E-state index contributed by atoms with van der Waals surface area (Å²) in [4.78, 5) is 36.3. The molecule has 0 saturated heterocycles. The predicted octanol–water partition coefficient (Wildman–Crippen LogP) is 3.91. The van der Waals surface area contributed by atoms with Crippen LogP contribution >= 0.6 is 0 Å². The molecule has 4 saturated carbocycles. The number of carbonyl (C=O) groups excluding carboxylic acids is 3. The topological polar surface area (TPSA) is 72.5 Å². The minimum atomic E-state index is -0.508. The minimum Gasteiger partial charge on any atom is -0.456 e. The number of carbonyl (C=O) groups is 3. The molecule has 4 fully saturated rings. The number of hydrogen-bond acceptors (Lipinski definition) is 4. The summed E-state index contributed by atoms with van der Waals surface area (Å²) in [6, 6.07) is 9.00. The van der Waals surface area contributed by atoms with Crippen molar-refractivity contribution in [3.63, 3.8) is 0 Å². The Morgan fingerprint density at radius 2 is 1.59 bits per heavy atom.